The van der Waals surface area contributed by atoms with E-state index in [1.165, 1.54) is 12.1 Å². The number of phenols is 3. The topological polar surface area (TPSA) is 60.7 Å². The van der Waals surface area contributed by atoms with Crippen LogP contribution in [-0.2, 0) is 0 Å². The lowest BCUT2D eigenvalue weighted by atomic mass is 9.83. The van der Waals surface area contributed by atoms with E-state index in [1.807, 2.05) is 0 Å². The fourth-order valence-electron chi connectivity index (χ4n) is 2.09. The van der Waals surface area contributed by atoms with Crippen LogP contribution in [0.5, 0.6) is 17.2 Å². The van der Waals surface area contributed by atoms with E-state index in [9.17, 15) is 15.3 Å². The van der Waals surface area contributed by atoms with E-state index in [0.717, 1.165) is 18.4 Å². The maximum Gasteiger partial charge on any atom is 0.200 e. The Morgan fingerprint density at radius 3 is 1.88 bits per heavy atom. The predicted octanol–water partition coefficient (Wildman–Crippen LogP) is 3.34. The summed E-state index contributed by atoms with van der Waals surface area (Å²) < 4.78 is 0. The molecule has 3 heteroatoms. The van der Waals surface area contributed by atoms with Crippen LogP contribution < -0.4 is 0 Å². The van der Waals surface area contributed by atoms with Gasteiger partial charge >= 0.3 is 0 Å². The van der Waals surface area contributed by atoms with Gasteiger partial charge in [-0.1, -0.05) is 27.2 Å². The molecular formula is C13H20O3. The highest BCUT2D eigenvalue weighted by Crippen LogP contribution is 2.40. The molecule has 2 atom stereocenters. The van der Waals surface area contributed by atoms with Gasteiger partial charge in [0.15, 0.2) is 17.2 Å². The lowest BCUT2D eigenvalue weighted by Gasteiger charge is -2.22. The third-order valence-electron chi connectivity index (χ3n) is 3.29. The van der Waals surface area contributed by atoms with Crippen LogP contribution in [0.4, 0.5) is 0 Å². The minimum absolute atomic E-state index is 0.253. The molecule has 3 N–H and O–H groups in total. The highest BCUT2D eigenvalue weighted by atomic mass is 16.3. The highest BCUT2D eigenvalue weighted by Gasteiger charge is 2.19. The Labute approximate surface area is 96.4 Å². The van der Waals surface area contributed by atoms with E-state index in [2.05, 4.69) is 20.8 Å². The van der Waals surface area contributed by atoms with E-state index in [1.54, 1.807) is 0 Å². The monoisotopic (exact) mass is 224 g/mol. The minimum atomic E-state index is -0.442. The second-order valence-electron chi connectivity index (χ2n) is 4.31. The SMILES string of the molecule is CCC(C)C(CC)c1cc(O)c(O)c(O)c1. The largest absolute Gasteiger partial charge is 0.504 e. The van der Waals surface area contributed by atoms with Gasteiger partial charge < -0.3 is 15.3 Å². The molecule has 0 aromatic heterocycles. The average Bonchev–Trinajstić information content (AvgIpc) is 2.26. The summed E-state index contributed by atoms with van der Waals surface area (Å²) >= 11 is 0. The number of hydrogen-bond acceptors (Lipinski definition) is 3. The summed E-state index contributed by atoms with van der Waals surface area (Å²) in [6.45, 7) is 6.35. The van der Waals surface area contributed by atoms with Crippen molar-refractivity contribution in [2.75, 3.05) is 0 Å². The van der Waals surface area contributed by atoms with Gasteiger partial charge in [-0.15, -0.1) is 0 Å². The average molecular weight is 224 g/mol. The van der Waals surface area contributed by atoms with Crippen LogP contribution in [0.25, 0.3) is 0 Å². The van der Waals surface area contributed by atoms with Crippen LogP contribution in [0.2, 0.25) is 0 Å². The molecule has 0 saturated carbocycles. The molecule has 1 aromatic carbocycles. The molecule has 0 saturated heterocycles. The molecule has 3 nitrogen and oxygen atoms in total. The second kappa shape index (κ2) is 5.10. The molecule has 0 aliphatic heterocycles. The van der Waals surface area contributed by atoms with Crippen molar-refractivity contribution in [3.8, 4) is 17.2 Å². The Balaban J connectivity index is 3.11. The molecule has 2 unspecified atom stereocenters. The second-order valence-corrected chi connectivity index (χ2v) is 4.31. The number of hydrogen-bond donors (Lipinski definition) is 3. The van der Waals surface area contributed by atoms with Crippen LogP contribution in [0.3, 0.4) is 0 Å². The van der Waals surface area contributed by atoms with E-state index in [4.69, 9.17) is 0 Å². The van der Waals surface area contributed by atoms with Crippen LogP contribution in [0.15, 0.2) is 12.1 Å². The Bertz CT molecular complexity index is 337. The van der Waals surface area contributed by atoms with Crippen molar-refractivity contribution in [1.82, 2.24) is 0 Å². The van der Waals surface area contributed by atoms with Crippen molar-refractivity contribution in [1.29, 1.82) is 0 Å². The summed E-state index contributed by atoms with van der Waals surface area (Å²) in [4.78, 5) is 0. The molecule has 0 fully saturated rings. The summed E-state index contributed by atoms with van der Waals surface area (Å²) in [5.74, 6) is -0.174. The van der Waals surface area contributed by atoms with E-state index < -0.39 is 5.75 Å². The zero-order valence-corrected chi connectivity index (χ0v) is 10.1. The Morgan fingerprint density at radius 1 is 1.00 bits per heavy atom. The van der Waals surface area contributed by atoms with Gasteiger partial charge in [0.2, 0.25) is 0 Å². The van der Waals surface area contributed by atoms with E-state index in [-0.39, 0.29) is 11.5 Å². The molecule has 0 aliphatic rings. The van der Waals surface area contributed by atoms with E-state index in [0.29, 0.717) is 11.8 Å². The van der Waals surface area contributed by atoms with Crippen LogP contribution in [-0.4, -0.2) is 15.3 Å². The Morgan fingerprint density at radius 2 is 1.50 bits per heavy atom. The van der Waals surface area contributed by atoms with Crippen molar-refractivity contribution < 1.29 is 15.3 Å². The number of rotatable bonds is 4. The maximum absolute atomic E-state index is 9.47. The van der Waals surface area contributed by atoms with Gasteiger partial charge in [0.1, 0.15) is 0 Å². The summed E-state index contributed by atoms with van der Waals surface area (Å²) in [5.41, 5.74) is 0.879. The van der Waals surface area contributed by atoms with Gasteiger partial charge in [-0.2, -0.15) is 0 Å². The molecule has 16 heavy (non-hydrogen) atoms. The lowest BCUT2D eigenvalue weighted by molar-refractivity contribution is 0.363. The maximum atomic E-state index is 9.47. The van der Waals surface area contributed by atoms with Gasteiger partial charge in [-0.3, -0.25) is 0 Å². The van der Waals surface area contributed by atoms with Gasteiger partial charge in [0, 0.05) is 0 Å². The van der Waals surface area contributed by atoms with E-state index >= 15 is 0 Å². The van der Waals surface area contributed by atoms with Crippen molar-refractivity contribution in [3.63, 3.8) is 0 Å². The van der Waals surface area contributed by atoms with Gasteiger partial charge in [0.05, 0.1) is 0 Å². The molecule has 0 bridgehead atoms. The summed E-state index contributed by atoms with van der Waals surface area (Å²) in [7, 11) is 0. The van der Waals surface area contributed by atoms with Crippen molar-refractivity contribution in [3.05, 3.63) is 17.7 Å². The summed E-state index contributed by atoms with van der Waals surface area (Å²) in [6.07, 6.45) is 1.99. The first-order valence-electron chi connectivity index (χ1n) is 5.76. The lowest BCUT2D eigenvalue weighted by Crippen LogP contribution is -2.07. The number of phenolic OH excluding ortho intramolecular Hbond substituents is 3. The smallest absolute Gasteiger partial charge is 0.200 e. The standard InChI is InChI=1S/C13H20O3/c1-4-8(3)10(5-2)9-6-11(14)13(16)12(15)7-9/h6-8,10,14-16H,4-5H2,1-3H3. The third kappa shape index (κ3) is 2.40. The van der Waals surface area contributed by atoms with Crippen molar-refractivity contribution in [2.24, 2.45) is 5.92 Å². The van der Waals surface area contributed by atoms with Crippen LogP contribution >= 0.6 is 0 Å². The fourth-order valence-corrected chi connectivity index (χ4v) is 2.09. The fraction of sp³-hybridized carbons (Fsp3) is 0.538. The minimum Gasteiger partial charge on any atom is -0.504 e. The molecule has 0 heterocycles. The molecule has 0 radical (unpaired) electrons. The first kappa shape index (κ1) is 12.7. The number of aromatic hydroxyl groups is 3. The molecule has 1 aromatic rings. The Kier molecular flexibility index (Phi) is 4.05. The molecular weight excluding hydrogens is 204 g/mol. The van der Waals surface area contributed by atoms with Gasteiger partial charge in [0.25, 0.3) is 0 Å². The Hall–Kier alpha value is -1.38. The highest BCUT2D eigenvalue weighted by molar-refractivity contribution is 5.51. The third-order valence-corrected chi connectivity index (χ3v) is 3.29. The quantitative estimate of drug-likeness (QED) is 0.687. The molecule has 0 aliphatic carbocycles. The van der Waals surface area contributed by atoms with Crippen molar-refractivity contribution in [2.45, 2.75) is 39.5 Å². The molecule has 90 valence electrons. The summed E-state index contributed by atoms with van der Waals surface area (Å²) in [5, 5.41) is 28.2. The summed E-state index contributed by atoms with van der Waals surface area (Å²) in [6, 6.07) is 3.07. The van der Waals surface area contributed by atoms with Crippen LogP contribution in [0, 0.1) is 5.92 Å². The normalized spacial score (nSPS) is 14.7. The molecule has 0 amide bonds. The van der Waals surface area contributed by atoms with Gasteiger partial charge in [-0.05, 0) is 36.0 Å². The molecule has 1 rings (SSSR count). The van der Waals surface area contributed by atoms with Crippen molar-refractivity contribution >= 4 is 0 Å². The van der Waals surface area contributed by atoms with Gasteiger partial charge in [-0.25, -0.2) is 0 Å². The molecule has 0 spiro atoms. The first-order chi connectivity index (χ1) is 7.51. The zero-order valence-electron chi connectivity index (χ0n) is 10.1. The zero-order chi connectivity index (χ0) is 12.3. The first-order valence-corrected chi connectivity index (χ1v) is 5.76. The van der Waals surface area contributed by atoms with Crippen LogP contribution in [0.1, 0.15) is 45.1 Å². The predicted molar refractivity (Wildman–Crippen MR) is 63.9 cm³/mol. The number of benzene rings is 1.